The van der Waals surface area contributed by atoms with Crippen LogP contribution in [0.3, 0.4) is 0 Å². The van der Waals surface area contributed by atoms with E-state index < -0.39 is 0 Å². The number of methoxy groups -OCH3 is 2. The molecule has 0 bridgehead atoms. The van der Waals surface area contributed by atoms with Gasteiger partial charge in [-0.3, -0.25) is 4.90 Å². The maximum Gasteiger partial charge on any atom is 0.133 e. The van der Waals surface area contributed by atoms with Gasteiger partial charge in [-0.05, 0) is 52.3 Å². The van der Waals surface area contributed by atoms with Gasteiger partial charge in [0.25, 0.3) is 0 Å². The van der Waals surface area contributed by atoms with Crippen LogP contribution in [0.2, 0.25) is 0 Å². The molecule has 1 heterocycles. The summed E-state index contributed by atoms with van der Waals surface area (Å²) in [6.45, 7) is 4.70. The summed E-state index contributed by atoms with van der Waals surface area (Å²) in [6, 6.07) is 11.4. The maximum atomic E-state index is 9.42. The van der Waals surface area contributed by atoms with Crippen LogP contribution >= 0.6 is 15.9 Å². The van der Waals surface area contributed by atoms with Gasteiger partial charge in [-0.25, -0.2) is 0 Å². The van der Waals surface area contributed by atoms with Crippen molar-refractivity contribution in [1.29, 1.82) is 0 Å². The third-order valence-corrected chi connectivity index (χ3v) is 5.16. The van der Waals surface area contributed by atoms with E-state index in [9.17, 15) is 5.11 Å². The zero-order chi connectivity index (χ0) is 17.8. The first-order valence-electron chi connectivity index (χ1n) is 8.27. The van der Waals surface area contributed by atoms with Crippen LogP contribution in [0.1, 0.15) is 5.56 Å². The fourth-order valence-electron chi connectivity index (χ4n) is 3.12. The molecule has 0 radical (unpaired) electrons. The number of hydrogen-bond donors (Lipinski definition) is 1. The second-order valence-electron chi connectivity index (χ2n) is 6.08. The summed E-state index contributed by atoms with van der Waals surface area (Å²) in [5.41, 5.74) is 2.28. The van der Waals surface area contributed by atoms with E-state index in [0.29, 0.717) is 5.75 Å². The Labute approximate surface area is 156 Å². The Morgan fingerprint density at radius 1 is 0.960 bits per heavy atom. The molecule has 6 heteroatoms. The number of ether oxygens (including phenoxy) is 2. The van der Waals surface area contributed by atoms with E-state index in [1.807, 2.05) is 24.3 Å². The SMILES string of the molecule is COc1cc(CN2CCN(c3ccc(O)cc3)CC2)c(OC)cc1Br. The van der Waals surface area contributed by atoms with Crippen molar-refractivity contribution in [2.75, 3.05) is 45.3 Å². The summed E-state index contributed by atoms with van der Waals surface area (Å²) in [7, 11) is 3.37. The van der Waals surface area contributed by atoms with E-state index in [1.54, 1.807) is 26.4 Å². The number of piperazine rings is 1. The minimum absolute atomic E-state index is 0.304. The monoisotopic (exact) mass is 406 g/mol. The molecule has 0 atom stereocenters. The fraction of sp³-hybridized carbons (Fsp3) is 0.368. The average molecular weight is 407 g/mol. The zero-order valence-electron chi connectivity index (χ0n) is 14.5. The van der Waals surface area contributed by atoms with Gasteiger partial charge in [0.15, 0.2) is 0 Å². The normalized spacial score (nSPS) is 15.2. The van der Waals surface area contributed by atoms with Crippen molar-refractivity contribution in [3.8, 4) is 17.2 Å². The first kappa shape index (κ1) is 17.9. The largest absolute Gasteiger partial charge is 0.508 e. The standard InChI is InChI=1S/C19H23BrN2O3/c1-24-18-12-17(20)19(25-2)11-14(18)13-21-7-9-22(10-8-21)15-3-5-16(23)6-4-15/h3-6,11-12,23H,7-10,13H2,1-2H3. The Morgan fingerprint density at radius 2 is 1.60 bits per heavy atom. The quantitative estimate of drug-likeness (QED) is 0.822. The van der Waals surface area contributed by atoms with Gasteiger partial charge in [-0.15, -0.1) is 0 Å². The van der Waals surface area contributed by atoms with Crippen LogP contribution in [0.15, 0.2) is 40.9 Å². The molecule has 0 aliphatic carbocycles. The van der Waals surface area contributed by atoms with E-state index in [0.717, 1.165) is 59.9 Å². The van der Waals surface area contributed by atoms with Gasteiger partial charge in [0, 0.05) is 44.0 Å². The molecule has 2 aromatic carbocycles. The van der Waals surface area contributed by atoms with Gasteiger partial charge in [-0.2, -0.15) is 0 Å². The highest BCUT2D eigenvalue weighted by Gasteiger charge is 2.19. The molecule has 0 spiro atoms. The molecule has 1 saturated heterocycles. The first-order valence-corrected chi connectivity index (χ1v) is 9.06. The van der Waals surface area contributed by atoms with Crippen molar-refractivity contribution < 1.29 is 14.6 Å². The third kappa shape index (κ3) is 4.19. The lowest BCUT2D eigenvalue weighted by Crippen LogP contribution is -2.46. The summed E-state index contributed by atoms with van der Waals surface area (Å²) in [6.07, 6.45) is 0. The van der Waals surface area contributed by atoms with Crippen LogP contribution in [0.25, 0.3) is 0 Å². The summed E-state index contributed by atoms with van der Waals surface area (Å²) >= 11 is 3.50. The Kier molecular flexibility index (Phi) is 5.71. The van der Waals surface area contributed by atoms with Crippen molar-refractivity contribution in [2.24, 2.45) is 0 Å². The van der Waals surface area contributed by atoms with Crippen molar-refractivity contribution >= 4 is 21.6 Å². The minimum atomic E-state index is 0.304. The average Bonchev–Trinajstić information content (AvgIpc) is 2.64. The highest BCUT2D eigenvalue weighted by Crippen LogP contribution is 2.33. The van der Waals surface area contributed by atoms with Crippen LogP contribution in [0.5, 0.6) is 17.2 Å². The topological polar surface area (TPSA) is 45.2 Å². The van der Waals surface area contributed by atoms with Crippen LogP contribution in [-0.4, -0.2) is 50.4 Å². The molecule has 1 aliphatic rings. The van der Waals surface area contributed by atoms with E-state index in [2.05, 4.69) is 25.7 Å². The van der Waals surface area contributed by atoms with Gasteiger partial charge in [0.1, 0.15) is 17.2 Å². The number of nitrogens with zero attached hydrogens (tertiary/aromatic N) is 2. The predicted octanol–water partition coefficient (Wildman–Crippen LogP) is 3.49. The minimum Gasteiger partial charge on any atom is -0.508 e. The summed E-state index contributed by atoms with van der Waals surface area (Å²) < 4.78 is 11.8. The number of phenols is 1. The lowest BCUT2D eigenvalue weighted by Gasteiger charge is -2.36. The van der Waals surface area contributed by atoms with Gasteiger partial charge in [0.05, 0.1) is 18.7 Å². The zero-order valence-corrected chi connectivity index (χ0v) is 16.1. The van der Waals surface area contributed by atoms with Crippen LogP contribution in [-0.2, 0) is 6.54 Å². The molecule has 2 aromatic rings. The van der Waals surface area contributed by atoms with Gasteiger partial charge in [0.2, 0.25) is 0 Å². The maximum absolute atomic E-state index is 9.42. The Morgan fingerprint density at radius 3 is 2.20 bits per heavy atom. The second-order valence-corrected chi connectivity index (χ2v) is 6.93. The van der Waals surface area contributed by atoms with Crippen molar-refractivity contribution in [2.45, 2.75) is 6.54 Å². The lowest BCUT2D eigenvalue weighted by molar-refractivity contribution is 0.245. The Hall–Kier alpha value is -1.92. The van der Waals surface area contributed by atoms with E-state index in [4.69, 9.17) is 9.47 Å². The first-order chi connectivity index (χ1) is 12.1. The molecule has 0 unspecified atom stereocenters. The Balaban J connectivity index is 1.65. The molecule has 0 aromatic heterocycles. The van der Waals surface area contributed by atoms with Crippen LogP contribution in [0.4, 0.5) is 5.69 Å². The molecule has 3 rings (SSSR count). The summed E-state index contributed by atoms with van der Waals surface area (Å²) in [4.78, 5) is 4.76. The van der Waals surface area contributed by atoms with E-state index >= 15 is 0 Å². The van der Waals surface area contributed by atoms with E-state index in [1.165, 1.54) is 0 Å². The number of phenolic OH excluding ortho intramolecular Hbond substituents is 1. The van der Waals surface area contributed by atoms with Crippen molar-refractivity contribution in [3.63, 3.8) is 0 Å². The molecule has 0 amide bonds. The third-order valence-electron chi connectivity index (χ3n) is 4.54. The van der Waals surface area contributed by atoms with Crippen molar-refractivity contribution in [1.82, 2.24) is 4.90 Å². The lowest BCUT2D eigenvalue weighted by atomic mass is 10.1. The van der Waals surface area contributed by atoms with Gasteiger partial charge in [-0.1, -0.05) is 0 Å². The summed E-state index contributed by atoms with van der Waals surface area (Å²) in [5, 5.41) is 9.42. The molecule has 1 aliphatic heterocycles. The van der Waals surface area contributed by atoms with Crippen LogP contribution < -0.4 is 14.4 Å². The van der Waals surface area contributed by atoms with E-state index in [-0.39, 0.29) is 0 Å². The van der Waals surface area contributed by atoms with Gasteiger partial charge >= 0.3 is 0 Å². The number of halogens is 1. The molecule has 134 valence electrons. The predicted molar refractivity (Wildman–Crippen MR) is 103 cm³/mol. The Bertz CT molecular complexity index is 713. The highest BCUT2D eigenvalue weighted by atomic mass is 79.9. The molecule has 0 saturated carbocycles. The molecule has 25 heavy (non-hydrogen) atoms. The number of hydrogen-bond acceptors (Lipinski definition) is 5. The molecule has 1 N–H and O–H groups in total. The highest BCUT2D eigenvalue weighted by molar-refractivity contribution is 9.10. The summed E-state index contributed by atoms with van der Waals surface area (Å²) in [5.74, 6) is 1.99. The van der Waals surface area contributed by atoms with Gasteiger partial charge < -0.3 is 19.5 Å². The molecule has 1 fully saturated rings. The molecule has 5 nitrogen and oxygen atoms in total. The number of anilines is 1. The number of benzene rings is 2. The number of aromatic hydroxyl groups is 1. The molecular formula is C19H23BrN2O3. The van der Waals surface area contributed by atoms with Crippen molar-refractivity contribution in [3.05, 3.63) is 46.4 Å². The fourth-order valence-corrected chi connectivity index (χ4v) is 3.60. The number of rotatable bonds is 5. The molecular weight excluding hydrogens is 384 g/mol. The second kappa shape index (κ2) is 7.97. The smallest absolute Gasteiger partial charge is 0.133 e. The van der Waals surface area contributed by atoms with Crippen LogP contribution in [0, 0.1) is 0 Å².